The van der Waals surface area contributed by atoms with Crippen LogP contribution in [0.3, 0.4) is 0 Å². The Labute approximate surface area is 134 Å². The van der Waals surface area contributed by atoms with Crippen molar-refractivity contribution < 1.29 is 4.79 Å². The molecular formula is C19H28N2O. The first-order valence-corrected chi connectivity index (χ1v) is 8.23. The second-order valence-electron chi connectivity index (χ2n) is 7.24. The molecule has 1 fully saturated rings. The fourth-order valence-electron chi connectivity index (χ4n) is 2.86. The molecule has 0 unspecified atom stereocenters. The van der Waals surface area contributed by atoms with Gasteiger partial charge in [-0.2, -0.15) is 0 Å². The van der Waals surface area contributed by atoms with Gasteiger partial charge in [0.1, 0.15) is 0 Å². The molecule has 2 rings (SSSR count). The number of carbonyl (C=O) groups is 1. The maximum atomic E-state index is 12.2. The molecule has 0 bridgehead atoms. The molecule has 1 aliphatic carbocycles. The Morgan fingerprint density at radius 1 is 1.09 bits per heavy atom. The maximum Gasteiger partial charge on any atom is 0.256 e. The first kappa shape index (κ1) is 16.6. The summed E-state index contributed by atoms with van der Waals surface area (Å²) in [7, 11) is 0. The number of benzene rings is 1. The van der Waals surface area contributed by atoms with E-state index in [1.165, 1.54) is 24.8 Å². The van der Waals surface area contributed by atoms with Crippen LogP contribution in [-0.2, 0) is 5.41 Å². The van der Waals surface area contributed by atoms with Crippen LogP contribution in [0.2, 0.25) is 0 Å². The molecule has 0 radical (unpaired) electrons. The van der Waals surface area contributed by atoms with E-state index in [4.69, 9.17) is 0 Å². The van der Waals surface area contributed by atoms with Crippen molar-refractivity contribution in [3.63, 3.8) is 0 Å². The Morgan fingerprint density at radius 2 is 1.68 bits per heavy atom. The summed E-state index contributed by atoms with van der Waals surface area (Å²) in [5.74, 6) is 0.505. The first-order valence-electron chi connectivity index (χ1n) is 8.23. The minimum absolute atomic E-state index is 0.0984. The molecule has 120 valence electrons. The van der Waals surface area contributed by atoms with Crippen LogP contribution >= 0.6 is 0 Å². The second-order valence-corrected chi connectivity index (χ2v) is 7.24. The van der Waals surface area contributed by atoms with Gasteiger partial charge < -0.3 is 10.6 Å². The van der Waals surface area contributed by atoms with Crippen molar-refractivity contribution in [3.05, 3.63) is 47.8 Å². The molecule has 2 N–H and O–H groups in total. The molecule has 0 saturated heterocycles. The Morgan fingerprint density at radius 3 is 2.23 bits per heavy atom. The summed E-state index contributed by atoms with van der Waals surface area (Å²) >= 11 is 0. The first-order chi connectivity index (χ1) is 10.4. The highest BCUT2D eigenvalue weighted by Gasteiger charge is 2.16. The number of hydrogen-bond donors (Lipinski definition) is 2. The summed E-state index contributed by atoms with van der Waals surface area (Å²) in [4.78, 5) is 12.2. The van der Waals surface area contributed by atoms with Crippen LogP contribution in [0.5, 0.6) is 0 Å². The van der Waals surface area contributed by atoms with Crippen LogP contribution in [-0.4, -0.2) is 11.9 Å². The summed E-state index contributed by atoms with van der Waals surface area (Å²) < 4.78 is 0. The number of nitrogens with one attached hydrogen (secondary N) is 2. The molecule has 0 heterocycles. The predicted octanol–water partition coefficient (Wildman–Crippen LogP) is 4.11. The summed E-state index contributed by atoms with van der Waals surface area (Å²) in [5, 5.41) is 6.19. The van der Waals surface area contributed by atoms with Gasteiger partial charge in [-0.15, -0.1) is 0 Å². The standard InChI is InChI=1S/C19H28N2O/c1-14(20-17-8-6-5-7-9-17)21-18(22)15-10-12-16(13-11-15)19(2,3)4/h10-13,17,20H,1,5-9H2,2-4H3,(H,21,22). The van der Waals surface area contributed by atoms with Gasteiger partial charge in [0.15, 0.2) is 0 Å². The van der Waals surface area contributed by atoms with Gasteiger partial charge in [0.2, 0.25) is 0 Å². The maximum absolute atomic E-state index is 12.2. The highest BCUT2D eigenvalue weighted by atomic mass is 16.1. The predicted molar refractivity (Wildman–Crippen MR) is 91.8 cm³/mol. The quantitative estimate of drug-likeness (QED) is 0.878. The highest BCUT2D eigenvalue weighted by molar-refractivity contribution is 5.95. The molecule has 3 nitrogen and oxygen atoms in total. The zero-order chi connectivity index (χ0) is 16.2. The van der Waals surface area contributed by atoms with Crippen LogP contribution in [0.15, 0.2) is 36.7 Å². The van der Waals surface area contributed by atoms with Crippen LogP contribution in [0.4, 0.5) is 0 Å². The Kier molecular flexibility index (Phi) is 5.28. The fraction of sp³-hybridized carbons (Fsp3) is 0.526. The molecule has 3 heteroatoms. The molecule has 0 aromatic heterocycles. The third-order valence-electron chi connectivity index (χ3n) is 4.26. The van der Waals surface area contributed by atoms with Crippen molar-refractivity contribution in [2.75, 3.05) is 0 Å². The lowest BCUT2D eigenvalue weighted by Gasteiger charge is -2.25. The zero-order valence-electron chi connectivity index (χ0n) is 14.0. The molecule has 1 saturated carbocycles. The minimum atomic E-state index is -0.103. The van der Waals surface area contributed by atoms with Crippen LogP contribution < -0.4 is 10.6 Å². The summed E-state index contributed by atoms with van der Waals surface area (Å²) in [6.07, 6.45) is 6.15. The Bertz CT molecular complexity index is 519. The van der Waals surface area contributed by atoms with Gasteiger partial charge in [-0.25, -0.2) is 0 Å². The van der Waals surface area contributed by atoms with E-state index in [2.05, 4.69) is 38.0 Å². The van der Waals surface area contributed by atoms with Crippen molar-refractivity contribution in [1.29, 1.82) is 0 Å². The van der Waals surface area contributed by atoms with E-state index in [0.29, 0.717) is 17.4 Å². The number of amides is 1. The van der Waals surface area contributed by atoms with Crippen molar-refractivity contribution >= 4 is 5.91 Å². The van der Waals surface area contributed by atoms with E-state index in [9.17, 15) is 4.79 Å². The SMILES string of the molecule is C=C(NC(=O)c1ccc(C(C)(C)C)cc1)NC1CCCCC1. The summed E-state index contributed by atoms with van der Waals surface area (Å²) in [5.41, 5.74) is 1.99. The van der Waals surface area contributed by atoms with Crippen LogP contribution in [0, 0.1) is 0 Å². The van der Waals surface area contributed by atoms with E-state index in [1.807, 2.05) is 24.3 Å². The number of rotatable bonds is 4. The lowest BCUT2D eigenvalue weighted by Crippen LogP contribution is -2.38. The van der Waals surface area contributed by atoms with Crippen molar-refractivity contribution in [3.8, 4) is 0 Å². The van der Waals surface area contributed by atoms with E-state index in [0.717, 1.165) is 12.8 Å². The van der Waals surface area contributed by atoms with Crippen molar-refractivity contribution in [2.24, 2.45) is 0 Å². The average Bonchev–Trinajstić information content (AvgIpc) is 2.47. The Hall–Kier alpha value is -1.77. The molecule has 0 atom stereocenters. The summed E-state index contributed by atoms with van der Waals surface area (Å²) in [6.45, 7) is 10.4. The minimum Gasteiger partial charge on any atom is -0.369 e. The molecule has 1 amide bonds. The van der Waals surface area contributed by atoms with Gasteiger partial charge in [-0.3, -0.25) is 4.79 Å². The van der Waals surface area contributed by atoms with E-state index in [1.54, 1.807) is 0 Å². The lowest BCUT2D eigenvalue weighted by molar-refractivity contribution is 0.0962. The van der Waals surface area contributed by atoms with E-state index >= 15 is 0 Å². The van der Waals surface area contributed by atoms with Gasteiger partial charge in [0.05, 0.1) is 5.82 Å². The van der Waals surface area contributed by atoms with Gasteiger partial charge in [0.25, 0.3) is 5.91 Å². The van der Waals surface area contributed by atoms with Gasteiger partial charge in [0, 0.05) is 11.6 Å². The average molecular weight is 300 g/mol. The molecular weight excluding hydrogens is 272 g/mol. The monoisotopic (exact) mass is 300 g/mol. The van der Waals surface area contributed by atoms with E-state index < -0.39 is 0 Å². The fourth-order valence-corrected chi connectivity index (χ4v) is 2.86. The molecule has 1 aromatic rings. The van der Waals surface area contributed by atoms with Crippen molar-refractivity contribution in [1.82, 2.24) is 10.6 Å². The summed E-state index contributed by atoms with van der Waals surface area (Å²) in [6, 6.07) is 8.25. The second kappa shape index (κ2) is 6.99. The van der Waals surface area contributed by atoms with Crippen LogP contribution in [0.1, 0.15) is 68.8 Å². The molecule has 0 aliphatic heterocycles. The number of hydrogen-bond acceptors (Lipinski definition) is 2. The molecule has 1 aromatic carbocycles. The highest BCUT2D eigenvalue weighted by Crippen LogP contribution is 2.22. The van der Waals surface area contributed by atoms with E-state index in [-0.39, 0.29) is 11.3 Å². The molecule has 1 aliphatic rings. The van der Waals surface area contributed by atoms with Gasteiger partial charge in [-0.05, 0) is 36.0 Å². The molecule has 0 spiro atoms. The zero-order valence-corrected chi connectivity index (χ0v) is 14.0. The van der Waals surface area contributed by atoms with Gasteiger partial charge in [-0.1, -0.05) is 58.7 Å². The van der Waals surface area contributed by atoms with Gasteiger partial charge >= 0.3 is 0 Å². The van der Waals surface area contributed by atoms with Crippen LogP contribution in [0.25, 0.3) is 0 Å². The van der Waals surface area contributed by atoms with Crippen molar-refractivity contribution in [2.45, 2.75) is 64.3 Å². The smallest absolute Gasteiger partial charge is 0.256 e. The largest absolute Gasteiger partial charge is 0.369 e. The number of carbonyl (C=O) groups excluding carboxylic acids is 1. The topological polar surface area (TPSA) is 41.1 Å². The third kappa shape index (κ3) is 4.62. The normalized spacial score (nSPS) is 16.1. The Balaban J connectivity index is 1.89. The molecule has 22 heavy (non-hydrogen) atoms. The third-order valence-corrected chi connectivity index (χ3v) is 4.26. The lowest BCUT2D eigenvalue weighted by atomic mass is 9.87.